The molecule has 1 aliphatic heterocycles. The maximum Gasteiger partial charge on any atom is 0.320 e. The van der Waals surface area contributed by atoms with E-state index in [4.69, 9.17) is 9.84 Å². The molecule has 0 saturated carbocycles. The summed E-state index contributed by atoms with van der Waals surface area (Å²) < 4.78 is 5.22. The zero-order chi connectivity index (χ0) is 9.84. The molecule has 1 rings (SSSR count). The molecule has 1 heterocycles. The Hall–Kier alpha value is -0.610. The van der Waals surface area contributed by atoms with Crippen LogP contribution in [0.25, 0.3) is 0 Å². The lowest BCUT2D eigenvalue weighted by Crippen LogP contribution is -2.39. The van der Waals surface area contributed by atoms with Crippen molar-refractivity contribution in [2.24, 2.45) is 5.92 Å². The number of hydrogen-bond donors (Lipinski definition) is 1. The monoisotopic (exact) mass is 187 g/mol. The number of aliphatic carboxylic acids is 1. The third-order valence-electron chi connectivity index (χ3n) is 2.59. The lowest BCUT2D eigenvalue weighted by molar-refractivity contribution is -0.142. The number of ether oxygens (including phenoxy) is 1. The van der Waals surface area contributed by atoms with Gasteiger partial charge in [-0.15, -0.1) is 0 Å². The molecule has 0 aromatic carbocycles. The van der Waals surface area contributed by atoms with E-state index in [0.29, 0.717) is 5.92 Å². The number of carbonyl (C=O) groups is 1. The number of carboxylic acids is 1. The minimum atomic E-state index is -0.763. The maximum absolute atomic E-state index is 10.6. The Morgan fingerprint density at radius 1 is 1.77 bits per heavy atom. The average molecular weight is 187 g/mol. The third kappa shape index (κ3) is 2.97. The van der Waals surface area contributed by atoms with E-state index >= 15 is 0 Å². The largest absolute Gasteiger partial charge is 0.480 e. The highest BCUT2D eigenvalue weighted by Gasteiger charge is 2.22. The molecule has 76 valence electrons. The molecule has 13 heavy (non-hydrogen) atoms. The van der Waals surface area contributed by atoms with Gasteiger partial charge in [-0.3, -0.25) is 9.69 Å². The molecular weight excluding hydrogens is 170 g/mol. The summed E-state index contributed by atoms with van der Waals surface area (Å²) in [5.41, 5.74) is 0. The Balaban J connectivity index is 2.30. The van der Waals surface area contributed by atoms with Crippen LogP contribution in [0, 0.1) is 5.92 Å². The van der Waals surface area contributed by atoms with Crippen molar-refractivity contribution in [2.75, 3.05) is 26.8 Å². The lowest BCUT2D eigenvalue weighted by atomic mass is 10.1. The maximum atomic E-state index is 10.6. The highest BCUT2D eigenvalue weighted by Crippen LogP contribution is 2.14. The van der Waals surface area contributed by atoms with Crippen LogP contribution >= 0.6 is 0 Å². The van der Waals surface area contributed by atoms with E-state index in [1.54, 1.807) is 6.92 Å². The van der Waals surface area contributed by atoms with Gasteiger partial charge in [0.15, 0.2) is 0 Å². The van der Waals surface area contributed by atoms with E-state index < -0.39 is 12.0 Å². The van der Waals surface area contributed by atoms with Crippen LogP contribution in [0.4, 0.5) is 0 Å². The number of likely N-dealkylation sites (N-methyl/N-ethyl adjacent to an activating group) is 1. The summed E-state index contributed by atoms with van der Waals surface area (Å²) in [5, 5.41) is 8.75. The predicted octanol–water partition coefficient (Wildman–Crippen LogP) is 0.428. The Morgan fingerprint density at radius 3 is 2.92 bits per heavy atom. The zero-order valence-corrected chi connectivity index (χ0v) is 8.19. The molecule has 2 atom stereocenters. The van der Waals surface area contributed by atoms with Gasteiger partial charge >= 0.3 is 5.97 Å². The van der Waals surface area contributed by atoms with Crippen LogP contribution in [-0.2, 0) is 9.53 Å². The molecule has 0 spiro atoms. The van der Waals surface area contributed by atoms with Gasteiger partial charge in [0.1, 0.15) is 6.04 Å². The van der Waals surface area contributed by atoms with Gasteiger partial charge in [0.2, 0.25) is 0 Å². The minimum absolute atomic E-state index is 0.402. The Bertz CT molecular complexity index is 178. The van der Waals surface area contributed by atoms with E-state index in [0.717, 1.165) is 26.2 Å². The lowest BCUT2D eigenvalue weighted by Gasteiger charge is -2.23. The summed E-state index contributed by atoms with van der Waals surface area (Å²) in [6, 6.07) is -0.402. The summed E-state index contributed by atoms with van der Waals surface area (Å²) in [6.45, 7) is 4.11. The molecule has 1 saturated heterocycles. The molecule has 1 fully saturated rings. The molecule has 0 bridgehead atoms. The number of hydrogen-bond acceptors (Lipinski definition) is 3. The summed E-state index contributed by atoms with van der Waals surface area (Å²) in [5.74, 6) is -0.256. The van der Waals surface area contributed by atoms with Gasteiger partial charge in [0, 0.05) is 13.2 Å². The number of carboxylic acid groups (broad SMARTS) is 1. The van der Waals surface area contributed by atoms with E-state index in [-0.39, 0.29) is 0 Å². The molecule has 0 aliphatic carbocycles. The van der Waals surface area contributed by atoms with Crippen LogP contribution < -0.4 is 0 Å². The molecule has 0 aromatic rings. The van der Waals surface area contributed by atoms with Crippen LogP contribution in [0.3, 0.4) is 0 Å². The number of nitrogens with zero attached hydrogens (tertiary/aromatic N) is 1. The molecule has 4 heteroatoms. The summed E-state index contributed by atoms with van der Waals surface area (Å²) >= 11 is 0. The normalized spacial score (nSPS) is 25.0. The van der Waals surface area contributed by atoms with E-state index in [1.165, 1.54) is 0 Å². The van der Waals surface area contributed by atoms with Gasteiger partial charge in [-0.25, -0.2) is 0 Å². The second kappa shape index (κ2) is 4.58. The van der Waals surface area contributed by atoms with Gasteiger partial charge < -0.3 is 9.84 Å². The molecule has 1 N–H and O–H groups in total. The van der Waals surface area contributed by atoms with E-state index in [2.05, 4.69) is 0 Å². The molecule has 0 radical (unpaired) electrons. The fraction of sp³-hybridized carbons (Fsp3) is 0.889. The van der Waals surface area contributed by atoms with Crippen molar-refractivity contribution < 1.29 is 14.6 Å². The second-order valence-electron chi connectivity index (χ2n) is 3.68. The molecule has 4 nitrogen and oxygen atoms in total. The van der Waals surface area contributed by atoms with Crippen LogP contribution in [-0.4, -0.2) is 48.8 Å². The SMILES string of the molecule is CC(C(=O)O)N(C)CC1CCOC1. The smallest absolute Gasteiger partial charge is 0.320 e. The first-order valence-corrected chi connectivity index (χ1v) is 4.62. The van der Waals surface area contributed by atoms with Gasteiger partial charge in [0.25, 0.3) is 0 Å². The van der Waals surface area contributed by atoms with E-state index in [1.807, 2.05) is 11.9 Å². The highest BCUT2D eigenvalue weighted by atomic mass is 16.5. The van der Waals surface area contributed by atoms with Crippen LogP contribution in [0.2, 0.25) is 0 Å². The first-order chi connectivity index (χ1) is 6.11. The van der Waals surface area contributed by atoms with Crippen molar-refractivity contribution in [2.45, 2.75) is 19.4 Å². The van der Waals surface area contributed by atoms with Crippen molar-refractivity contribution in [3.05, 3.63) is 0 Å². The summed E-state index contributed by atoms with van der Waals surface area (Å²) in [6.07, 6.45) is 1.05. The van der Waals surface area contributed by atoms with Gasteiger partial charge in [-0.1, -0.05) is 0 Å². The summed E-state index contributed by atoms with van der Waals surface area (Å²) in [7, 11) is 1.84. The third-order valence-corrected chi connectivity index (χ3v) is 2.59. The Labute approximate surface area is 78.5 Å². The van der Waals surface area contributed by atoms with Crippen molar-refractivity contribution in [1.82, 2.24) is 4.90 Å². The van der Waals surface area contributed by atoms with Crippen LogP contribution in [0.1, 0.15) is 13.3 Å². The van der Waals surface area contributed by atoms with Crippen molar-refractivity contribution >= 4 is 5.97 Å². The van der Waals surface area contributed by atoms with Gasteiger partial charge in [0.05, 0.1) is 6.61 Å². The number of rotatable bonds is 4. The van der Waals surface area contributed by atoms with Gasteiger partial charge in [-0.2, -0.15) is 0 Å². The Morgan fingerprint density at radius 2 is 2.46 bits per heavy atom. The topological polar surface area (TPSA) is 49.8 Å². The van der Waals surface area contributed by atoms with E-state index in [9.17, 15) is 4.79 Å². The molecular formula is C9H17NO3. The van der Waals surface area contributed by atoms with Gasteiger partial charge in [-0.05, 0) is 26.3 Å². The first-order valence-electron chi connectivity index (χ1n) is 4.62. The average Bonchev–Trinajstić information content (AvgIpc) is 2.55. The quantitative estimate of drug-likeness (QED) is 0.693. The standard InChI is InChI=1S/C9H17NO3/c1-7(9(11)12)10(2)5-8-3-4-13-6-8/h7-8H,3-6H2,1-2H3,(H,11,12). The van der Waals surface area contributed by atoms with Crippen LogP contribution in [0.15, 0.2) is 0 Å². The van der Waals surface area contributed by atoms with Crippen LogP contribution in [0.5, 0.6) is 0 Å². The Kier molecular flexibility index (Phi) is 3.69. The molecule has 0 aromatic heterocycles. The summed E-state index contributed by atoms with van der Waals surface area (Å²) in [4.78, 5) is 12.5. The minimum Gasteiger partial charge on any atom is -0.480 e. The van der Waals surface area contributed by atoms with Crippen molar-refractivity contribution in [3.8, 4) is 0 Å². The fourth-order valence-electron chi connectivity index (χ4n) is 1.48. The van der Waals surface area contributed by atoms with Crippen molar-refractivity contribution in [1.29, 1.82) is 0 Å². The fourth-order valence-corrected chi connectivity index (χ4v) is 1.48. The first kappa shape index (κ1) is 10.5. The van der Waals surface area contributed by atoms with Crippen molar-refractivity contribution in [3.63, 3.8) is 0 Å². The predicted molar refractivity (Wildman–Crippen MR) is 48.7 cm³/mol. The second-order valence-corrected chi connectivity index (χ2v) is 3.68. The molecule has 0 amide bonds. The molecule has 2 unspecified atom stereocenters. The zero-order valence-electron chi connectivity index (χ0n) is 8.19. The molecule has 1 aliphatic rings. The highest BCUT2D eigenvalue weighted by molar-refractivity contribution is 5.72.